The van der Waals surface area contributed by atoms with E-state index >= 15 is 0 Å². The van der Waals surface area contributed by atoms with E-state index < -0.39 is 13.9 Å². The van der Waals surface area contributed by atoms with Crippen molar-refractivity contribution in [1.29, 1.82) is 0 Å². The van der Waals surface area contributed by atoms with Crippen LogP contribution in [-0.4, -0.2) is 49.9 Å². The molecular formula is C59H118NO7P. The minimum atomic E-state index is -4.28. The van der Waals surface area contributed by atoms with Crippen LogP contribution in [0, 0.1) is 0 Å². The number of allylic oxidation sites excluding steroid dienone is 2. The van der Waals surface area contributed by atoms with Gasteiger partial charge in [0, 0.05) is 19.6 Å². The van der Waals surface area contributed by atoms with Crippen LogP contribution >= 0.6 is 7.82 Å². The smallest absolute Gasteiger partial charge is 0.457 e. The van der Waals surface area contributed by atoms with Crippen LogP contribution in [0.2, 0.25) is 0 Å². The molecule has 406 valence electrons. The lowest BCUT2D eigenvalue weighted by atomic mass is 10.0. The molecule has 0 radical (unpaired) electrons. The Morgan fingerprint density at radius 2 is 0.735 bits per heavy atom. The van der Waals surface area contributed by atoms with Crippen LogP contribution in [0.25, 0.3) is 0 Å². The van der Waals surface area contributed by atoms with Crippen molar-refractivity contribution in [3.63, 3.8) is 0 Å². The first kappa shape index (κ1) is 67.2. The third-order valence-electron chi connectivity index (χ3n) is 13.7. The highest BCUT2D eigenvalue weighted by atomic mass is 31.2. The van der Waals surface area contributed by atoms with Crippen LogP contribution in [0.15, 0.2) is 12.2 Å². The molecule has 0 aliphatic heterocycles. The molecule has 3 N–H and O–H groups in total. The Hall–Kier alpha value is -0.760. The Balaban J connectivity index is 3.81. The maximum absolute atomic E-state index is 12.7. The first-order chi connectivity index (χ1) is 33.4. The summed E-state index contributed by atoms with van der Waals surface area (Å²) in [7, 11) is -4.28. The third-order valence-corrected chi connectivity index (χ3v) is 14.7. The van der Waals surface area contributed by atoms with E-state index in [1.165, 1.54) is 270 Å². The molecule has 0 saturated carbocycles. The molecule has 0 heterocycles. The van der Waals surface area contributed by atoms with Crippen LogP contribution in [0.4, 0.5) is 0 Å². The largest absolute Gasteiger partial charge is 0.472 e. The van der Waals surface area contributed by atoms with Gasteiger partial charge in [0.1, 0.15) is 6.10 Å². The number of hydrogen-bond acceptors (Lipinski definition) is 7. The lowest BCUT2D eigenvalue weighted by Crippen LogP contribution is -2.28. The predicted octanol–water partition coefficient (Wildman–Crippen LogP) is 19.3. The molecular weight excluding hydrogens is 866 g/mol. The molecule has 0 bridgehead atoms. The molecule has 2 unspecified atom stereocenters. The van der Waals surface area contributed by atoms with E-state index in [2.05, 4.69) is 26.0 Å². The van der Waals surface area contributed by atoms with Crippen LogP contribution in [-0.2, 0) is 27.9 Å². The highest BCUT2D eigenvalue weighted by Crippen LogP contribution is 2.43. The lowest BCUT2D eigenvalue weighted by molar-refractivity contribution is -0.154. The average molecular weight is 985 g/mol. The number of phosphoric ester groups is 1. The normalized spacial score (nSPS) is 13.2. The molecule has 8 nitrogen and oxygen atoms in total. The quantitative estimate of drug-likeness (QED) is 0.0268. The molecule has 0 aromatic heterocycles. The Kier molecular flexibility index (Phi) is 56.5. The van der Waals surface area contributed by atoms with Crippen molar-refractivity contribution >= 4 is 13.8 Å². The molecule has 9 heteroatoms. The predicted molar refractivity (Wildman–Crippen MR) is 294 cm³/mol. The maximum atomic E-state index is 12.7. The minimum Gasteiger partial charge on any atom is -0.457 e. The highest BCUT2D eigenvalue weighted by molar-refractivity contribution is 7.47. The summed E-state index contributed by atoms with van der Waals surface area (Å²) >= 11 is 0. The number of phosphoric acid groups is 1. The van der Waals surface area contributed by atoms with Gasteiger partial charge < -0.3 is 20.1 Å². The second-order valence-corrected chi connectivity index (χ2v) is 22.0. The van der Waals surface area contributed by atoms with Gasteiger partial charge in [0.05, 0.1) is 19.8 Å². The molecule has 0 fully saturated rings. The Morgan fingerprint density at radius 1 is 0.426 bits per heavy atom. The van der Waals surface area contributed by atoms with Crippen LogP contribution < -0.4 is 5.73 Å². The van der Waals surface area contributed by atoms with Crippen molar-refractivity contribution in [1.82, 2.24) is 0 Å². The topological polar surface area (TPSA) is 117 Å². The van der Waals surface area contributed by atoms with E-state index in [0.717, 1.165) is 32.1 Å². The first-order valence-electron chi connectivity index (χ1n) is 30.2. The summed E-state index contributed by atoms with van der Waals surface area (Å²) < 4.78 is 33.7. The van der Waals surface area contributed by atoms with Gasteiger partial charge >= 0.3 is 13.8 Å². The molecule has 0 saturated heterocycles. The van der Waals surface area contributed by atoms with Gasteiger partial charge in [-0.15, -0.1) is 0 Å². The molecule has 0 rings (SSSR count). The lowest BCUT2D eigenvalue weighted by Gasteiger charge is -2.20. The summed E-state index contributed by atoms with van der Waals surface area (Å²) in [6.07, 6.45) is 67.1. The zero-order valence-corrected chi connectivity index (χ0v) is 46.5. The van der Waals surface area contributed by atoms with Gasteiger partial charge in [-0.25, -0.2) is 4.57 Å². The van der Waals surface area contributed by atoms with E-state index in [4.69, 9.17) is 24.3 Å². The zero-order valence-electron chi connectivity index (χ0n) is 45.6. The van der Waals surface area contributed by atoms with Crippen molar-refractivity contribution in [3.8, 4) is 0 Å². The number of rotatable bonds is 59. The van der Waals surface area contributed by atoms with Gasteiger partial charge in [-0.2, -0.15) is 0 Å². The standard InChI is InChI=1S/C59H118NO7P/c1-3-5-7-9-11-13-15-17-19-21-23-25-27-28-29-31-33-35-37-39-41-43-45-47-49-51-54-64-56-58(57-66-68(62,63)65-55-53-60)67-59(61)52-50-48-46-44-42-40-38-36-34-32-30-26-24-22-20-18-16-14-12-10-8-6-4-2/h21,23,58H,3-20,22,24-57,60H2,1-2H3,(H,62,63)/b23-21-. The number of ether oxygens (including phenoxy) is 2. The number of unbranched alkanes of at least 4 members (excludes halogenated alkanes) is 44. The van der Waals surface area contributed by atoms with Gasteiger partial charge in [0.25, 0.3) is 0 Å². The van der Waals surface area contributed by atoms with E-state index in [1.54, 1.807) is 0 Å². The molecule has 0 aliphatic carbocycles. The molecule has 0 aromatic carbocycles. The second kappa shape index (κ2) is 57.1. The summed E-state index contributed by atoms with van der Waals surface area (Å²) in [5.74, 6) is -0.320. The summed E-state index contributed by atoms with van der Waals surface area (Å²) in [6, 6.07) is 0. The van der Waals surface area contributed by atoms with E-state index in [1.807, 2.05) is 0 Å². The third kappa shape index (κ3) is 56.2. The molecule has 0 aliphatic rings. The number of esters is 1. The van der Waals surface area contributed by atoms with Crippen LogP contribution in [0.5, 0.6) is 0 Å². The van der Waals surface area contributed by atoms with Crippen molar-refractivity contribution in [2.75, 3.05) is 33.0 Å². The monoisotopic (exact) mass is 984 g/mol. The fourth-order valence-electron chi connectivity index (χ4n) is 9.23. The summed E-state index contributed by atoms with van der Waals surface area (Å²) in [5, 5.41) is 0. The molecule has 0 aromatic rings. The van der Waals surface area contributed by atoms with E-state index in [-0.39, 0.29) is 32.3 Å². The van der Waals surface area contributed by atoms with Crippen LogP contribution in [0.3, 0.4) is 0 Å². The molecule has 68 heavy (non-hydrogen) atoms. The number of hydrogen-bond donors (Lipinski definition) is 2. The van der Waals surface area contributed by atoms with Gasteiger partial charge in [-0.1, -0.05) is 289 Å². The Labute approximate surface area is 424 Å². The fraction of sp³-hybridized carbons (Fsp3) is 0.949. The van der Waals surface area contributed by atoms with Gasteiger partial charge in [-0.3, -0.25) is 13.8 Å². The van der Waals surface area contributed by atoms with E-state index in [9.17, 15) is 14.3 Å². The zero-order chi connectivity index (χ0) is 49.4. The molecule has 2 atom stereocenters. The second-order valence-electron chi connectivity index (χ2n) is 20.6. The van der Waals surface area contributed by atoms with E-state index in [0.29, 0.717) is 13.0 Å². The summed E-state index contributed by atoms with van der Waals surface area (Å²) in [6.45, 7) is 5.01. The summed E-state index contributed by atoms with van der Waals surface area (Å²) in [5.41, 5.74) is 5.41. The average Bonchev–Trinajstić information content (AvgIpc) is 3.33. The van der Waals surface area contributed by atoms with Crippen molar-refractivity contribution in [3.05, 3.63) is 12.2 Å². The van der Waals surface area contributed by atoms with Gasteiger partial charge in [0.2, 0.25) is 0 Å². The first-order valence-corrected chi connectivity index (χ1v) is 31.7. The number of carbonyl (C=O) groups excluding carboxylic acids is 1. The Bertz CT molecular complexity index is 1060. The number of nitrogens with two attached hydrogens (primary N) is 1. The van der Waals surface area contributed by atoms with Crippen molar-refractivity contribution in [2.45, 2.75) is 328 Å². The molecule has 0 spiro atoms. The van der Waals surface area contributed by atoms with Crippen LogP contribution in [0.1, 0.15) is 322 Å². The van der Waals surface area contributed by atoms with Crippen molar-refractivity contribution < 1.29 is 32.8 Å². The fourth-order valence-corrected chi connectivity index (χ4v) is 10.00. The number of carbonyl (C=O) groups is 1. The van der Waals surface area contributed by atoms with Crippen molar-refractivity contribution in [2.24, 2.45) is 5.73 Å². The van der Waals surface area contributed by atoms with Gasteiger partial charge in [-0.05, 0) is 38.5 Å². The Morgan fingerprint density at radius 3 is 1.07 bits per heavy atom. The highest BCUT2D eigenvalue weighted by Gasteiger charge is 2.25. The van der Waals surface area contributed by atoms with Gasteiger partial charge in [0.15, 0.2) is 0 Å². The summed E-state index contributed by atoms with van der Waals surface area (Å²) in [4.78, 5) is 22.7. The minimum absolute atomic E-state index is 0.0909. The SMILES string of the molecule is CCCCCCCCCC/C=C\CCCCCCCCCCCCCCCCOCC(COP(=O)(O)OCCN)OC(=O)CCCCCCCCCCCCCCCCCCCCCCCCC. The maximum Gasteiger partial charge on any atom is 0.472 e. The molecule has 0 amide bonds.